The smallest absolute Gasteiger partial charge is 0.387 e. The molecule has 0 bridgehead atoms. The van der Waals surface area contributed by atoms with E-state index >= 15 is 0 Å². The van der Waals surface area contributed by atoms with Crippen LogP contribution in [0.1, 0.15) is 29.2 Å². The third-order valence-electron chi connectivity index (χ3n) is 4.88. The number of benzene rings is 3. The summed E-state index contributed by atoms with van der Waals surface area (Å²) >= 11 is 0. The molecule has 4 rings (SSSR count). The van der Waals surface area contributed by atoms with Crippen molar-refractivity contribution in [3.05, 3.63) is 83.4 Å². The molecule has 1 amide bonds. The van der Waals surface area contributed by atoms with Crippen molar-refractivity contribution in [2.45, 2.75) is 25.6 Å². The highest BCUT2D eigenvalue weighted by Crippen LogP contribution is 2.49. The Kier molecular flexibility index (Phi) is 5.16. The average molecular weight is 395 g/mol. The minimum Gasteiger partial charge on any atom is -0.480 e. The molecule has 0 saturated carbocycles. The summed E-state index contributed by atoms with van der Waals surface area (Å²) in [5, 5.41) is 0. The van der Waals surface area contributed by atoms with Crippen LogP contribution >= 0.6 is 0 Å². The number of alkyl halides is 2. The topological polar surface area (TPSA) is 61.6 Å². The van der Waals surface area contributed by atoms with Gasteiger partial charge in [-0.05, 0) is 35.2 Å². The lowest BCUT2D eigenvalue weighted by Crippen LogP contribution is -2.17. The van der Waals surface area contributed by atoms with Crippen LogP contribution in [0, 0.1) is 0 Å². The van der Waals surface area contributed by atoms with Crippen molar-refractivity contribution in [1.29, 1.82) is 0 Å². The maximum atomic E-state index is 12.9. The fraction of sp³-hybridized carbons (Fsp3) is 0.174. The lowest BCUT2D eigenvalue weighted by Gasteiger charge is -2.30. The molecule has 1 heterocycles. The van der Waals surface area contributed by atoms with Crippen LogP contribution < -0.4 is 15.2 Å². The normalized spacial score (nSPS) is 14.7. The van der Waals surface area contributed by atoms with Gasteiger partial charge in [-0.3, -0.25) is 4.79 Å². The van der Waals surface area contributed by atoms with E-state index < -0.39 is 12.7 Å². The van der Waals surface area contributed by atoms with E-state index in [1.165, 1.54) is 6.07 Å². The highest BCUT2D eigenvalue weighted by atomic mass is 19.3. The number of rotatable bonds is 6. The number of hydrogen-bond acceptors (Lipinski definition) is 3. The van der Waals surface area contributed by atoms with Gasteiger partial charge in [0.05, 0.1) is 5.56 Å². The monoisotopic (exact) mass is 395 g/mol. The number of hydrogen-bond donors (Lipinski definition) is 1. The summed E-state index contributed by atoms with van der Waals surface area (Å²) in [6.07, 6.45) is 0.312. The number of amides is 1. The molecule has 1 unspecified atom stereocenters. The first-order valence-corrected chi connectivity index (χ1v) is 9.24. The molecule has 1 aliphatic rings. The van der Waals surface area contributed by atoms with Crippen LogP contribution in [0.3, 0.4) is 0 Å². The van der Waals surface area contributed by atoms with Crippen molar-refractivity contribution in [2.24, 2.45) is 5.73 Å². The number of halogens is 2. The van der Waals surface area contributed by atoms with Crippen LogP contribution in [0.25, 0.3) is 11.1 Å². The van der Waals surface area contributed by atoms with Gasteiger partial charge in [0.2, 0.25) is 5.91 Å². The Bertz CT molecular complexity index is 1040. The molecule has 0 radical (unpaired) electrons. The van der Waals surface area contributed by atoms with Gasteiger partial charge in [0.25, 0.3) is 0 Å². The van der Waals surface area contributed by atoms with Crippen LogP contribution in [-0.4, -0.2) is 12.5 Å². The Hall–Kier alpha value is -3.41. The average Bonchev–Trinajstić information content (AvgIpc) is 2.71. The number of carbonyl (C=O) groups excluding carboxylic acids is 1. The van der Waals surface area contributed by atoms with Gasteiger partial charge in [-0.1, -0.05) is 54.6 Å². The van der Waals surface area contributed by atoms with Gasteiger partial charge in [-0.25, -0.2) is 0 Å². The third-order valence-corrected chi connectivity index (χ3v) is 4.88. The largest absolute Gasteiger partial charge is 0.480 e. The summed E-state index contributed by atoms with van der Waals surface area (Å²) in [6, 6.07) is 20.2. The Morgan fingerprint density at radius 3 is 2.59 bits per heavy atom. The van der Waals surface area contributed by atoms with Gasteiger partial charge in [-0.15, -0.1) is 0 Å². The fourth-order valence-electron chi connectivity index (χ4n) is 3.61. The molecule has 0 spiro atoms. The molecule has 0 aliphatic carbocycles. The van der Waals surface area contributed by atoms with Crippen molar-refractivity contribution in [3.63, 3.8) is 0 Å². The minimum absolute atomic E-state index is 0.0650. The van der Waals surface area contributed by atoms with E-state index in [4.69, 9.17) is 15.2 Å². The molecule has 148 valence electrons. The number of ether oxygens (including phenoxy) is 2. The summed E-state index contributed by atoms with van der Waals surface area (Å²) in [6.45, 7) is -2.94. The first-order chi connectivity index (χ1) is 14.0. The zero-order valence-corrected chi connectivity index (χ0v) is 15.5. The predicted octanol–water partition coefficient (Wildman–Crippen LogP) is 4.85. The Morgan fingerprint density at radius 1 is 1.07 bits per heavy atom. The summed E-state index contributed by atoms with van der Waals surface area (Å²) in [7, 11) is 0. The molecule has 3 aromatic carbocycles. The highest BCUT2D eigenvalue weighted by Gasteiger charge is 2.30. The lowest BCUT2D eigenvalue weighted by atomic mass is 9.87. The van der Waals surface area contributed by atoms with Gasteiger partial charge in [0.15, 0.2) is 0 Å². The van der Waals surface area contributed by atoms with Crippen LogP contribution in [-0.2, 0) is 11.2 Å². The second-order valence-electron chi connectivity index (χ2n) is 6.80. The Labute approximate surface area is 166 Å². The van der Waals surface area contributed by atoms with E-state index in [0.29, 0.717) is 17.7 Å². The third kappa shape index (κ3) is 3.92. The van der Waals surface area contributed by atoms with Crippen LogP contribution in [0.5, 0.6) is 11.5 Å². The molecular weight excluding hydrogens is 376 g/mol. The molecule has 3 aromatic rings. The molecule has 0 fully saturated rings. The highest BCUT2D eigenvalue weighted by molar-refractivity contribution is 5.82. The second kappa shape index (κ2) is 7.91. The molecule has 2 N–H and O–H groups in total. The number of carbonyl (C=O) groups is 1. The minimum atomic E-state index is -2.94. The quantitative estimate of drug-likeness (QED) is 0.649. The van der Waals surface area contributed by atoms with Crippen molar-refractivity contribution >= 4 is 5.91 Å². The lowest BCUT2D eigenvalue weighted by molar-refractivity contribution is -0.118. The molecular formula is C23H19F2NO3. The first kappa shape index (κ1) is 18.9. The van der Waals surface area contributed by atoms with Gasteiger partial charge in [0.1, 0.15) is 17.6 Å². The molecule has 1 atom stereocenters. The Morgan fingerprint density at radius 2 is 1.86 bits per heavy atom. The molecule has 0 saturated heterocycles. The maximum Gasteiger partial charge on any atom is 0.387 e. The van der Waals surface area contributed by atoms with Crippen molar-refractivity contribution in [1.82, 2.24) is 0 Å². The fourth-order valence-corrected chi connectivity index (χ4v) is 3.61. The van der Waals surface area contributed by atoms with Crippen LogP contribution in [0.4, 0.5) is 8.78 Å². The molecule has 29 heavy (non-hydrogen) atoms. The van der Waals surface area contributed by atoms with Gasteiger partial charge < -0.3 is 15.2 Å². The van der Waals surface area contributed by atoms with E-state index in [2.05, 4.69) is 0 Å². The summed E-state index contributed by atoms with van der Waals surface area (Å²) < 4.78 is 36.9. The van der Waals surface area contributed by atoms with Crippen molar-refractivity contribution in [3.8, 4) is 22.6 Å². The Balaban J connectivity index is 1.85. The van der Waals surface area contributed by atoms with Crippen molar-refractivity contribution < 1.29 is 23.0 Å². The zero-order valence-electron chi connectivity index (χ0n) is 15.5. The molecule has 6 heteroatoms. The second-order valence-corrected chi connectivity index (χ2v) is 6.80. The van der Waals surface area contributed by atoms with Gasteiger partial charge >= 0.3 is 6.61 Å². The van der Waals surface area contributed by atoms with E-state index in [-0.39, 0.29) is 18.1 Å². The summed E-state index contributed by atoms with van der Waals surface area (Å²) in [5.41, 5.74) is 9.22. The van der Waals surface area contributed by atoms with Gasteiger partial charge in [-0.2, -0.15) is 8.78 Å². The first-order valence-electron chi connectivity index (χ1n) is 9.24. The van der Waals surface area contributed by atoms with Gasteiger partial charge in [0, 0.05) is 12.0 Å². The van der Waals surface area contributed by atoms with E-state index in [1.807, 2.05) is 48.5 Å². The van der Waals surface area contributed by atoms with Crippen LogP contribution in [0.15, 0.2) is 66.7 Å². The van der Waals surface area contributed by atoms with Crippen LogP contribution in [0.2, 0.25) is 0 Å². The SMILES string of the molecule is NC(=O)CCc1ccc2c(c1)C(c1ccccc1)Oc1cccc(OC(F)F)c1-2. The zero-order chi connectivity index (χ0) is 20.4. The summed E-state index contributed by atoms with van der Waals surface area (Å²) in [4.78, 5) is 11.2. The van der Waals surface area contributed by atoms with E-state index in [9.17, 15) is 13.6 Å². The summed E-state index contributed by atoms with van der Waals surface area (Å²) in [5.74, 6) is 0.168. The number of fused-ring (bicyclic) bond motifs is 3. The molecule has 1 aliphatic heterocycles. The predicted molar refractivity (Wildman–Crippen MR) is 105 cm³/mol. The molecule has 0 aromatic heterocycles. The van der Waals surface area contributed by atoms with E-state index in [1.54, 1.807) is 12.1 Å². The number of primary amides is 1. The maximum absolute atomic E-state index is 12.9. The standard InChI is InChI=1S/C23H19F2NO3/c24-23(25)29-19-8-4-7-18-21(19)16-11-9-14(10-12-20(26)27)13-17(16)22(28-18)15-5-2-1-3-6-15/h1-9,11,13,22-23H,10,12H2,(H2,26,27). The molecule has 4 nitrogen and oxygen atoms in total. The van der Waals surface area contributed by atoms with Crippen molar-refractivity contribution in [2.75, 3.05) is 0 Å². The number of nitrogens with two attached hydrogens (primary N) is 1. The number of aryl methyl sites for hydroxylation is 1. The van der Waals surface area contributed by atoms with E-state index in [0.717, 1.165) is 22.3 Å².